The second-order valence-electron chi connectivity index (χ2n) is 5.36. The number of rotatable bonds is 3. The zero-order valence-electron chi connectivity index (χ0n) is 12.2. The Kier molecular flexibility index (Phi) is 3.44. The fraction of sp³-hybridized carbons (Fsp3) is 0.176. The summed E-state index contributed by atoms with van der Waals surface area (Å²) >= 11 is 0. The minimum Gasteiger partial charge on any atom is -0.383 e. The molecule has 0 saturated carbocycles. The molecule has 1 aromatic heterocycles. The van der Waals surface area contributed by atoms with Crippen LogP contribution < -0.4 is 11.1 Å². The summed E-state index contributed by atoms with van der Waals surface area (Å²) in [7, 11) is 0. The molecule has 0 fully saturated rings. The van der Waals surface area contributed by atoms with Gasteiger partial charge in [-0.1, -0.05) is 44.2 Å². The van der Waals surface area contributed by atoms with Gasteiger partial charge in [-0.3, -0.25) is 0 Å². The molecular formula is C17H18N4. The summed E-state index contributed by atoms with van der Waals surface area (Å²) in [5.41, 5.74) is 7.92. The van der Waals surface area contributed by atoms with Crippen molar-refractivity contribution in [2.24, 2.45) is 0 Å². The van der Waals surface area contributed by atoms with Crippen molar-refractivity contribution in [3.8, 4) is 0 Å². The quantitative estimate of drug-likeness (QED) is 0.757. The summed E-state index contributed by atoms with van der Waals surface area (Å²) in [6, 6.07) is 14.5. The van der Waals surface area contributed by atoms with Gasteiger partial charge in [0.05, 0.1) is 0 Å². The minimum absolute atomic E-state index is 0.258. The van der Waals surface area contributed by atoms with Gasteiger partial charge in [0.25, 0.3) is 0 Å². The van der Waals surface area contributed by atoms with E-state index in [0.717, 1.165) is 17.1 Å². The maximum atomic E-state index is 5.98. The van der Waals surface area contributed by atoms with Gasteiger partial charge in [0.2, 0.25) is 0 Å². The van der Waals surface area contributed by atoms with E-state index in [9.17, 15) is 0 Å². The lowest BCUT2D eigenvalue weighted by Gasteiger charge is -2.15. The summed E-state index contributed by atoms with van der Waals surface area (Å²) < 4.78 is 0. The lowest BCUT2D eigenvalue weighted by atomic mass is 10.0. The lowest BCUT2D eigenvalue weighted by Crippen LogP contribution is -2.06. The summed E-state index contributed by atoms with van der Waals surface area (Å²) in [4.78, 5) is 8.41. The molecule has 0 spiro atoms. The van der Waals surface area contributed by atoms with Crippen LogP contribution in [0.5, 0.6) is 0 Å². The highest BCUT2D eigenvalue weighted by molar-refractivity contribution is 5.86. The van der Waals surface area contributed by atoms with Crippen LogP contribution in [0.4, 0.5) is 17.3 Å². The first-order valence-electron chi connectivity index (χ1n) is 7.01. The highest BCUT2D eigenvalue weighted by atomic mass is 15.0. The smallest absolute Gasteiger partial charge is 0.139 e. The lowest BCUT2D eigenvalue weighted by molar-refractivity contribution is 0.855. The maximum Gasteiger partial charge on any atom is 0.139 e. The van der Waals surface area contributed by atoms with E-state index in [2.05, 4.69) is 53.4 Å². The normalized spacial score (nSPS) is 11.0. The van der Waals surface area contributed by atoms with Crippen LogP contribution in [0, 0.1) is 0 Å². The van der Waals surface area contributed by atoms with Crippen molar-refractivity contribution in [2.45, 2.75) is 19.8 Å². The molecule has 0 saturated heterocycles. The molecule has 4 heteroatoms. The van der Waals surface area contributed by atoms with E-state index in [0.29, 0.717) is 5.82 Å². The van der Waals surface area contributed by atoms with Gasteiger partial charge in [0, 0.05) is 11.3 Å². The molecule has 0 radical (unpaired) electrons. The first-order chi connectivity index (χ1) is 10.1. The van der Waals surface area contributed by atoms with Gasteiger partial charge in [-0.2, -0.15) is 0 Å². The first kappa shape index (κ1) is 13.4. The molecule has 1 heterocycles. The topological polar surface area (TPSA) is 63.8 Å². The molecule has 4 nitrogen and oxygen atoms in total. The highest BCUT2D eigenvalue weighted by Crippen LogP contribution is 2.29. The van der Waals surface area contributed by atoms with Crippen LogP contribution in [0.3, 0.4) is 0 Å². The molecule has 0 aliphatic rings. The molecule has 3 N–H and O–H groups in total. The van der Waals surface area contributed by atoms with Crippen LogP contribution >= 0.6 is 0 Å². The van der Waals surface area contributed by atoms with Crippen LogP contribution in [0.15, 0.2) is 48.8 Å². The van der Waals surface area contributed by atoms with Crippen molar-refractivity contribution < 1.29 is 0 Å². The van der Waals surface area contributed by atoms with Crippen molar-refractivity contribution in [3.05, 3.63) is 54.4 Å². The number of fused-ring (bicyclic) bond motifs is 1. The Morgan fingerprint density at radius 1 is 1.00 bits per heavy atom. The van der Waals surface area contributed by atoms with E-state index in [-0.39, 0.29) is 5.92 Å². The van der Waals surface area contributed by atoms with Crippen molar-refractivity contribution in [1.82, 2.24) is 9.97 Å². The molecular weight excluding hydrogens is 260 g/mol. The molecule has 106 valence electrons. The standard InChI is InChI=1S/C17H18N4/c1-11(2)15-16(18)19-10-20-17(15)21-14-8-7-12-5-3-4-6-13(12)9-14/h3-11H,1-2H3,(H3,18,19,20,21). The number of nitrogens with zero attached hydrogens (tertiary/aromatic N) is 2. The van der Waals surface area contributed by atoms with Gasteiger partial charge in [-0.25, -0.2) is 9.97 Å². The first-order valence-corrected chi connectivity index (χ1v) is 7.01. The fourth-order valence-electron chi connectivity index (χ4n) is 2.48. The zero-order chi connectivity index (χ0) is 14.8. The molecule has 21 heavy (non-hydrogen) atoms. The molecule has 0 atom stereocenters. The molecule has 0 aliphatic heterocycles. The molecule has 0 aliphatic carbocycles. The number of nitrogens with one attached hydrogen (secondary N) is 1. The Morgan fingerprint density at radius 2 is 1.76 bits per heavy atom. The van der Waals surface area contributed by atoms with Crippen LogP contribution in [-0.4, -0.2) is 9.97 Å². The summed E-state index contributed by atoms with van der Waals surface area (Å²) in [5, 5.41) is 5.76. The van der Waals surface area contributed by atoms with E-state index in [1.807, 2.05) is 18.2 Å². The number of benzene rings is 2. The predicted molar refractivity (Wildman–Crippen MR) is 87.8 cm³/mol. The largest absolute Gasteiger partial charge is 0.383 e. The van der Waals surface area contributed by atoms with Gasteiger partial charge in [-0.05, 0) is 28.8 Å². The molecule has 2 aromatic carbocycles. The predicted octanol–water partition coefficient (Wildman–Crippen LogP) is 4.08. The van der Waals surface area contributed by atoms with Gasteiger partial charge in [0.15, 0.2) is 0 Å². The monoisotopic (exact) mass is 278 g/mol. The molecule has 0 amide bonds. The van der Waals surface area contributed by atoms with Crippen LogP contribution in [0.2, 0.25) is 0 Å². The van der Waals surface area contributed by atoms with Crippen molar-refractivity contribution >= 4 is 28.1 Å². The molecule has 3 aromatic rings. The van der Waals surface area contributed by atoms with Crippen molar-refractivity contribution in [1.29, 1.82) is 0 Å². The third kappa shape index (κ3) is 2.65. The van der Waals surface area contributed by atoms with Crippen LogP contribution in [0.1, 0.15) is 25.3 Å². The Bertz CT molecular complexity index is 781. The zero-order valence-corrected chi connectivity index (χ0v) is 12.2. The molecule has 0 unspecified atom stereocenters. The number of aromatic nitrogens is 2. The van der Waals surface area contributed by atoms with Crippen LogP contribution in [-0.2, 0) is 0 Å². The van der Waals surface area contributed by atoms with Crippen LogP contribution in [0.25, 0.3) is 10.8 Å². The Labute approximate surface area is 124 Å². The van der Waals surface area contributed by atoms with Gasteiger partial charge < -0.3 is 11.1 Å². The summed E-state index contributed by atoms with van der Waals surface area (Å²) in [6.07, 6.45) is 1.49. The van der Waals surface area contributed by atoms with E-state index in [1.54, 1.807) is 0 Å². The number of hydrogen-bond donors (Lipinski definition) is 2. The number of anilines is 3. The van der Waals surface area contributed by atoms with Gasteiger partial charge >= 0.3 is 0 Å². The minimum atomic E-state index is 0.258. The second-order valence-corrected chi connectivity index (χ2v) is 5.36. The average Bonchev–Trinajstić information content (AvgIpc) is 2.47. The average molecular weight is 278 g/mol. The number of hydrogen-bond acceptors (Lipinski definition) is 4. The molecule has 0 bridgehead atoms. The highest BCUT2D eigenvalue weighted by Gasteiger charge is 2.13. The number of nitrogen functional groups attached to an aromatic ring is 1. The van der Waals surface area contributed by atoms with E-state index in [4.69, 9.17) is 5.73 Å². The third-order valence-corrected chi connectivity index (χ3v) is 3.50. The third-order valence-electron chi connectivity index (χ3n) is 3.50. The summed E-state index contributed by atoms with van der Waals surface area (Å²) in [6.45, 7) is 4.17. The number of nitrogens with two attached hydrogens (primary N) is 1. The Hall–Kier alpha value is -2.62. The van der Waals surface area contributed by atoms with E-state index >= 15 is 0 Å². The Morgan fingerprint density at radius 3 is 2.52 bits per heavy atom. The van der Waals surface area contributed by atoms with Crippen molar-refractivity contribution in [3.63, 3.8) is 0 Å². The van der Waals surface area contributed by atoms with E-state index < -0.39 is 0 Å². The van der Waals surface area contributed by atoms with Crippen molar-refractivity contribution in [2.75, 3.05) is 11.1 Å². The van der Waals surface area contributed by atoms with Gasteiger partial charge in [-0.15, -0.1) is 0 Å². The van der Waals surface area contributed by atoms with E-state index in [1.165, 1.54) is 17.1 Å². The summed E-state index contributed by atoms with van der Waals surface area (Å²) in [5.74, 6) is 1.56. The SMILES string of the molecule is CC(C)c1c(N)ncnc1Nc1ccc2ccccc2c1. The Balaban J connectivity index is 2.00. The maximum absolute atomic E-state index is 5.98. The molecule has 3 rings (SSSR count). The second kappa shape index (κ2) is 5.40. The fourth-order valence-corrected chi connectivity index (χ4v) is 2.48. The van der Waals surface area contributed by atoms with Gasteiger partial charge in [0.1, 0.15) is 18.0 Å².